The zero-order valence-corrected chi connectivity index (χ0v) is 11.2. The van der Waals surface area contributed by atoms with Gasteiger partial charge in [-0.15, -0.1) is 0 Å². The first kappa shape index (κ1) is 12.4. The number of likely N-dealkylation sites (tertiary alicyclic amines) is 1. The maximum atomic E-state index is 12.5. The van der Waals surface area contributed by atoms with E-state index < -0.39 is 0 Å². The van der Waals surface area contributed by atoms with Gasteiger partial charge in [-0.25, -0.2) is 0 Å². The van der Waals surface area contributed by atoms with E-state index in [1.165, 1.54) is 6.42 Å². The van der Waals surface area contributed by atoms with E-state index in [1.54, 1.807) is 0 Å². The Hall–Kier alpha value is -0.610. The first-order valence-corrected chi connectivity index (χ1v) is 7.31. The van der Waals surface area contributed by atoms with Crippen LogP contribution in [0.15, 0.2) is 0 Å². The highest BCUT2D eigenvalue weighted by molar-refractivity contribution is 5.81. The Labute approximate surface area is 109 Å². The smallest absolute Gasteiger partial charge is 0.251 e. The van der Waals surface area contributed by atoms with Gasteiger partial charge in [-0.1, -0.05) is 6.92 Å². The van der Waals surface area contributed by atoms with E-state index in [2.05, 4.69) is 6.92 Å². The van der Waals surface area contributed by atoms with E-state index in [1.807, 2.05) is 4.90 Å². The minimum absolute atomic E-state index is 0.182. The molecule has 18 heavy (non-hydrogen) atoms. The fourth-order valence-electron chi connectivity index (χ4n) is 3.84. The van der Waals surface area contributed by atoms with Crippen molar-refractivity contribution >= 4 is 5.91 Å². The zero-order chi connectivity index (χ0) is 12.7. The van der Waals surface area contributed by atoms with Gasteiger partial charge in [-0.3, -0.25) is 4.79 Å². The predicted molar refractivity (Wildman–Crippen MR) is 68.9 cm³/mol. The highest BCUT2D eigenvalue weighted by Gasteiger charge is 2.42. The normalized spacial score (nSPS) is 44.1. The highest BCUT2D eigenvalue weighted by atomic mass is 16.5. The molecular weight excluding hydrogens is 228 g/mol. The van der Waals surface area contributed by atoms with Crippen LogP contribution in [0.25, 0.3) is 0 Å². The lowest BCUT2D eigenvalue weighted by atomic mass is 9.79. The van der Waals surface area contributed by atoms with Gasteiger partial charge in [-0.05, 0) is 43.4 Å². The first-order valence-electron chi connectivity index (χ1n) is 7.31. The van der Waals surface area contributed by atoms with E-state index in [0.29, 0.717) is 23.8 Å². The second-order valence-electron chi connectivity index (χ2n) is 6.39. The molecule has 1 aliphatic carbocycles. The molecule has 2 heterocycles. The van der Waals surface area contributed by atoms with Crippen LogP contribution < -0.4 is 5.73 Å². The first-order chi connectivity index (χ1) is 8.65. The van der Waals surface area contributed by atoms with Crippen LogP contribution in [0, 0.1) is 17.8 Å². The summed E-state index contributed by atoms with van der Waals surface area (Å²) in [5.41, 5.74) is 6.03. The van der Waals surface area contributed by atoms with Crippen molar-refractivity contribution in [3.05, 3.63) is 0 Å². The summed E-state index contributed by atoms with van der Waals surface area (Å²) < 4.78 is 5.60. The quantitative estimate of drug-likeness (QED) is 0.757. The Morgan fingerprint density at radius 2 is 2.00 bits per heavy atom. The van der Waals surface area contributed by atoms with Crippen molar-refractivity contribution in [3.8, 4) is 0 Å². The molecule has 102 valence electrons. The molecule has 0 aromatic heterocycles. The van der Waals surface area contributed by atoms with Crippen LogP contribution in [0.5, 0.6) is 0 Å². The molecule has 2 N–H and O–H groups in total. The minimum Gasteiger partial charge on any atom is -0.368 e. The van der Waals surface area contributed by atoms with E-state index in [0.717, 1.165) is 39.0 Å². The molecule has 3 rings (SSSR count). The van der Waals surface area contributed by atoms with Crippen LogP contribution >= 0.6 is 0 Å². The number of hydrogen-bond acceptors (Lipinski definition) is 3. The minimum atomic E-state index is -0.182. The molecule has 4 nitrogen and oxygen atoms in total. The standard InChI is InChI=1S/C14H24N2O2/c1-9-4-5-18-13(9)14(17)16-7-10-2-3-12(15)6-11(10)8-16/h9-13H,2-8,15H2,1H3/t9?,10-,11+,12?,13?/m1/s1. The summed E-state index contributed by atoms with van der Waals surface area (Å²) in [7, 11) is 0. The van der Waals surface area contributed by atoms with Crippen molar-refractivity contribution in [1.82, 2.24) is 4.90 Å². The molecule has 0 spiro atoms. The van der Waals surface area contributed by atoms with Crippen LogP contribution in [0.4, 0.5) is 0 Å². The molecular formula is C14H24N2O2. The molecule has 5 atom stereocenters. The monoisotopic (exact) mass is 252 g/mol. The van der Waals surface area contributed by atoms with Crippen molar-refractivity contribution in [1.29, 1.82) is 0 Å². The Morgan fingerprint density at radius 1 is 1.22 bits per heavy atom. The molecule has 1 amide bonds. The summed E-state index contributed by atoms with van der Waals surface area (Å²) >= 11 is 0. The number of nitrogens with zero attached hydrogens (tertiary/aromatic N) is 1. The van der Waals surface area contributed by atoms with Crippen molar-refractivity contribution in [2.24, 2.45) is 23.5 Å². The summed E-state index contributed by atoms with van der Waals surface area (Å²) in [6.07, 6.45) is 4.24. The number of amides is 1. The zero-order valence-electron chi connectivity index (χ0n) is 11.2. The molecule has 2 aliphatic heterocycles. The third-order valence-electron chi connectivity index (χ3n) is 5.03. The fraction of sp³-hybridized carbons (Fsp3) is 0.929. The Morgan fingerprint density at radius 3 is 2.72 bits per heavy atom. The maximum Gasteiger partial charge on any atom is 0.251 e. The Balaban J connectivity index is 1.63. The average molecular weight is 252 g/mol. The van der Waals surface area contributed by atoms with Gasteiger partial charge in [0.25, 0.3) is 5.91 Å². The largest absolute Gasteiger partial charge is 0.368 e. The highest BCUT2D eigenvalue weighted by Crippen LogP contribution is 2.36. The molecule has 1 saturated carbocycles. The topological polar surface area (TPSA) is 55.6 Å². The van der Waals surface area contributed by atoms with Gasteiger partial charge >= 0.3 is 0 Å². The maximum absolute atomic E-state index is 12.5. The summed E-state index contributed by atoms with van der Waals surface area (Å²) in [6, 6.07) is 0.350. The summed E-state index contributed by atoms with van der Waals surface area (Å²) in [5, 5.41) is 0. The molecule has 0 radical (unpaired) electrons. The van der Waals surface area contributed by atoms with Gasteiger partial charge in [0, 0.05) is 25.7 Å². The van der Waals surface area contributed by atoms with Gasteiger partial charge in [0.1, 0.15) is 6.10 Å². The number of carbonyl (C=O) groups is 1. The van der Waals surface area contributed by atoms with Gasteiger partial charge in [0.05, 0.1) is 0 Å². The van der Waals surface area contributed by atoms with Gasteiger partial charge < -0.3 is 15.4 Å². The second kappa shape index (κ2) is 4.82. The lowest BCUT2D eigenvalue weighted by Gasteiger charge is -2.27. The van der Waals surface area contributed by atoms with E-state index in [-0.39, 0.29) is 12.0 Å². The number of ether oxygens (including phenoxy) is 1. The molecule has 0 aromatic carbocycles. The summed E-state index contributed by atoms with van der Waals surface area (Å²) in [6.45, 7) is 4.70. The molecule has 4 heteroatoms. The SMILES string of the molecule is CC1CCOC1C(=O)N1C[C@H]2CCC(N)C[C@H]2C1. The molecule has 3 aliphatic rings. The van der Waals surface area contributed by atoms with Crippen LogP contribution in [0.2, 0.25) is 0 Å². The number of hydrogen-bond donors (Lipinski definition) is 1. The number of fused-ring (bicyclic) bond motifs is 1. The Kier molecular flexibility index (Phi) is 3.32. The molecule has 3 fully saturated rings. The van der Waals surface area contributed by atoms with Crippen molar-refractivity contribution in [2.75, 3.05) is 19.7 Å². The van der Waals surface area contributed by atoms with Crippen LogP contribution in [-0.4, -0.2) is 42.6 Å². The van der Waals surface area contributed by atoms with E-state index >= 15 is 0 Å². The second-order valence-corrected chi connectivity index (χ2v) is 6.39. The number of rotatable bonds is 1. The van der Waals surface area contributed by atoms with Crippen LogP contribution in [-0.2, 0) is 9.53 Å². The van der Waals surface area contributed by atoms with Crippen molar-refractivity contribution in [2.45, 2.75) is 44.8 Å². The fourth-order valence-corrected chi connectivity index (χ4v) is 3.84. The molecule has 2 saturated heterocycles. The lowest BCUT2D eigenvalue weighted by Crippen LogP contribution is -2.40. The number of nitrogens with two attached hydrogens (primary N) is 1. The van der Waals surface area contributed by atoms with Crippen LogP contribution in [0.3, 0.4) is 0 Å². The van der Waals surface area contributed by atoms with E-state index in [9.17, 15) is 4.79 Å². The van der Waals surface area contributed by atoms with Crippen LogP contribution in [0.1, 0.15) is 32.6 Å². The van der Waals surface area contributed by atoms with Crippen molar-refractivity contribution < 1.29 is 9.53 Å². The number of carbonyl (C=O) groups excluding carboxylic acids is 1. The van der Waals surface area contributed by atoms with E-state index in [4.69, 9.17) is 10.5 Å². The summed E-state index contributed by atoms with van der Waals surface area (Å²) in [5.74, 6) is 1.92. The third-order valence-corrected chi connectivity index (χ3v) is 5.03. The molecule has 0 bridgehead atoms. The van der Waals surface area contributed by atoms with Crippen molar-refractivity contribution in [3.63, 3.8) is 0 Å². The average Bonchev–Trinajstić information content (AvgIpc) is 2.93. The Bertz CT molecular complexity index is 334. The molecule has 3 unspecified atom stereocenters. The predicted octanol–water partition coefficient (Wildman–Crippen LogP) is 0.997. The summed E-state index contributed by atoms with van der Waals surface area (Å²) in [4.78, 5) is 14.5. The lowest BCUT2D eigenvalue weighted by molar-refractivity contribution is -0.141. The third kappa shape index (κ3) is 2.16. The molecule has 0 aromatic rings. The van der Waals surface area contributed by atoms with Gasteiger partial charge in [0.15, 0.2) is 0 Å². The van der Waals surface area contributed by atoms with Gasteiger partial charge in [-0.2, -0.15) is 0 Å². The van der Waals surface area contributed by atoms with Gasteiger partial charge in [0.2, 0.25) is 0 Å².